The third-order valence-electron chi connectivity index (χ3n) is 5.39. The fraction of sp³-hybridized carbons (Fsp3) is 0.273. The van der Waals surface area contributed by atoms with E-state index in [2.05, 4.69) is 4.74 Å². The normalized spacial score (nSPS) is 23.8. The lowest BCUT2D eigenvalue weighted by atomic mass is 10.0. The first-order valence-electron chi connectivity index (χ1n) is 10.1. The number of hydrogen-bond donors (Lipinski definition) is 7. The van der Waals surface area contributed by atoms with Gasteiger partial charge in [-0.1, -0.05) is 0 Å². The summed E-state index contributed by atoms with van der Waals surface area (Å²) >= 11 is 0. The second kappa shape index (κ2) is 9.09. The Kier molecular flexibility index (Phi) is 6.28. The van der Waals surface area contributed by atoms with E-state index in [0.717, 1.165) is 18.2 Å². The third-order valence-corrected chi connectivity index (χ3v) is 5.39. The van der Waals surface area contributed by atoms with Crippen LogP contribution in [0.1, 0.15) is 0 Å². The van der Waals surface area contributed by atoms with E-state index in [1.54, 1.807) is 0 Å². The van der Waals surface area contributed by atoms with Crippen molar-refractivity contribution in [2.24, 2.45) is 0 Å². The standard InChI is InChI=1S/C22H20O14/c1-32-12-3-2-8(18-17(27)16(26)15-10(24)5-9(23)6-14(15)34-18)4-13(12)36-22(31)19(28)11(25)7-33-20(22)35-21(29)30/h2-6,11,19-20,23-25,27-28,31H,7H2,1H3,(H,29,30). The number of carbonyl (C=O) groups is 1. The Morgan fingerprint density at radius 3 is 2.50 bits per heavy atom. The quantitative estimate of drug-likeness (QED) is 0.183. The summed E-state index contributed by atoms with van der Waals surface area (Å²) in [5.41, 5.74) is -1.33. The molecule has 2 heterocycles. The van der Waals surface area contributed by atoms with Crippen LogP contribution < -0.4 is 14.9 Å². The van der Waals surface area contributed by atoms with Crippen molar-refractivity contribution in [3.05, 3.63) is 40.6 Å². The van der Waals surface area contributed by atoms with Gasteiger partial charge in [0.15, 0.2) is 23.4 Å². The molecular weight excluding hydrogens is 488 g/mol. The number of methoxy groups -OCH3 is 1. The molecule has 1 fully saturated rings. The van der Waals surface area contributed by atoms with Crippen LogP contribution in [0.15, 0.2) is 39.5 Å². The van der Waals surface area contributed by atoms with Gasteiger partial charge < -0.3 is 59.1 Å². The number of fused-ring (bicyclic) bond motifs is 1. The summed E-state index contributed by atoms with van der Waals surface area (Å²) in [7, 11) is 1.22. The molecule has 0 amide bonds. The van der Waals surface area contributed by atoms with Crippen LogP contribution in [-0.4, -0.2) is 79.9 Å². The highest BCUT2D eigenvalue weighted by Crippen LogP contribution is 2.41. The Balaban J connectivity index is 1.84. The van der Waals surface area contributed by atoms with Crippen molar-refractivity contribution in [1.29, 1.82) is 0 Å². The van der Waals surface area contributed by atoms with Crippen molar-refractivity contribution in [2.45, 2.75) is 24.3 Å². The lowest BCUT2D eigenvalue weighted by Crippen LogP contribution is -2.67. The first-order valence-corrected chi connectivity index (χ1v) is 10.1. The summed E-state index contributed by atoms with van der Waals surface area (Å²) < 4.78 is 25.6. The zero-order valence-electron chi connectivity index (χ0n) is 18.3. The molecule has 3 aromatic rings. The van der Waals surface area contributed by atoms with E-state index in [-0.39, 0.29) is 22.6 Å². The molecule has 192 valence electrons. The number of phenolic OH excluding ortho intramolecular Hbond substituents is 2. The molecule has 0 bridgehead atoms. The number of rotatable bonds is 5. The van der Waals surface area contributed by atoms with Gasteiger partial charge in [0.2, 0.25) is 11.2 Å². The summed E-state index contributed by atoms with van der Waals surface area (Å²) in [6.45, 7) is -0.586. The minimum absolute atomic E-state index is 0.0452. The van der Waals surface area contributed by atoms with Gasteiger partial charge in [0.05, 0.1) is 13.7 Å². The van der Waals surface area contributed by atoms with E-state index in [1.165, 1.54) is 19.2 Å². The number of aliphatic hydroxyl groups excluding tert-OH is 2. The van der Waals surface area contributed by atoms with Crippen LogP contribution in [0.2, 0.25) is 0 Å². The molecule has 36 heavy (non-hydrogen) atoms. The number of aliphatic hydroxyl groups is 3. The van der Waals surface area contributed by atoms with Crippen LogP contribution in [0.4, 0.5) is 4.79 Å². The fourth-order valence-corrected chi connectivity index (χ4v) is 3.67. The summed E-state index contributed by atoms with van der Waals surface area (Å²) in [5.74, 6) is -5.82. The third kappa shape index (κ3) is 4.18. The number of ether oxygens (including phenoxy) is 4. The molecule has 4 rings (SSSR count). The van der Waals surface area contributed by atoms with E-state index in [4.69, 9.17) is 23.7 Å². The Morgan fingerprint density at radius 2 is 1.83 bits per heavy atom. The highest BCUT2D eigenvalue weighted by atomic mass is 16.8. The summed E-state index contributed by atoms with van der Waals surface area (Å²) in [6, 6.07) is 5.59. The van der Waals surface area contributed by atoms with Crippen molar-refractivity contribution >= 4 is 17.1 Å². The molecule has 1 aliphatic heterocycles. The molecule has 14 nitrogen and oxygen atoms in total. The van der Waals surface area contributed by atoms with Gasteiger partial charge in [-0.2, -0.15) is 0 Å². The van der Waals surface area contributed by atoms with E-state index in [1.807, 2.05) is 0 Å². The van der Waals surface area contributed by atoms with Gasteiger partial charge in [-0.3, -0.25) is 4.79 Å². The average molecular weight is 508 g/mol. The highest BCUT2D eigenvalue weighted by molar-refractivity contribution is 5.88. The van der Waals surface area contributed by atoms with E-state index in [0.29, 0.717) is 0 Å². The molecule has 0 radical (unpaired) electrons. The maximum absolute atomic E-state index is 12.7. The van der Waals surface area contributed by atoms with Crippen molar-refractivity contribution in [1.82, 2.24) is 0 Å². The number of aromatic hydroxyl groups is 3. The first kappa shape index (κ1) is 24.9. The largest absolute Gasteiger partial charge is 0.508 e. The Bertz CT molecular complexity index is 1380. The number of carboxylic acid groups (broad SMARTS) is 1. The zero-order chi connectivity index (χ0) is 26.4. The smallest absolute Gasteiger partial charge is 0.508 e. The lowest BCUT2D eigenvalue weighted by molar-refractivity contribution is -0.366. The predicted molar refractivity (Wildman–Crippen MR) is 116 cm³/mol. The van der Waals surface area contributed by atoms with Gasteiger partial charge in [0, 0.05) is 17.7 Å². The molecule has 4 atom stereocenters. The van der Waals surface area contributed by atoms with Gasteiger partial charge in [0.1, 0.15) is 28.6 Å². The molecule has 1 aliphatic rings. The number of benzene rings is 2. The van der Waals surface area contributed by atoms with Gasteiger partial charge in [-0.05, 0) is 18.2 Å². The van der Waals surface area contributed by atoms with Crippen LogP contribution >= 0.6 is 0 Å². The minimum Gasteiger partial charge on any atom is -0.508 e. The number of phenols is 2. The summed E-state index contributed by atoms with van der Waals surface area (Å²) in [5, 5.41) is 70.0. The van der Waals surface area contributed by atoms with Crippen molar-refractivity contribution in [3.63, 3.8) is 0 Å². The van der Waals surface area contributed by atoms with Gasteiger partial charge in [-0.15, -0.1) is 0 Å². The van der Waals surface area contributed by atoms with Gasteiger partial charge in [0.25, 0.3) is 6.29 Å². The second-order valence-corrected chi connectivity index (χ2v) is 7.73. The molecule has 1 saturated heterocycles. The Hall–Kier alpha value is -4.24. The first-order chi connectivity index (χ1) is 17.0. The maximum Gasteiger partial charge on any atom is 0.508 e. The van der Waals surface area contributed by atoms with Crippen molar-refractivity contribution < 1.29 is 63.9 Å². The van der Waals surface area contributed by atoms with E-state index >= 15 is 0 Å². The lowest BCUT2D eigenvalue weighted by Gasteiger charge is -2.43. The van der Waals surface area contributed by atoms with Crippen LogP contribution in [0.5, 0.6) is 28.7 Å². The Morgan fingerprint density at radius 1 is 1.11 bits per heavy atom. The van der Waals surface area contributed by atoms with Crippen LogP contribution in [0.3, 0.4) is 0 Å². The zero-order valence-corrected chi connectivity index (χ0v) is 18.3. The van der Waals surface area contributed by atoms with Crippen molar-refractivity contribution in [2.75, 3.05) is 13.7 Å². The van der Waals surface area contributed by atoms with Gasteiger partial charge >= 0.3 is 11.9 Å². The van der Waals surface area contributed by atoms with Crippen LogP contribution in [0.25, 0.3) is 22.3 Å². The molecule has 1 aromatic heterocycles. The number of hydrogen-bond acceptors (Lipinski definition) is 13. The SMILES string of the molecule is COc1ccc(-c2oc3cc(O)cc(O)c3c(=O)c2O)cc1OC1(O)C(OC(=O)O)OCC(O)C1O. The second-order valence-electron chi connectivity index (χ2n) is 7.73. The molecule has 0 saturated carbocycles. The van der Waals surface area contributed by atoms with Crippen LogP contribution in [-0.2, 0) is 9.47 Å². The molecular formula is C22H20O14. The molecule has 7 N–H and O–H groups in total. The molecule has 0 spiro atoms. The molecule has 2 aromatic carbocycles. The highest BCUT2D eigenvalue weighted by Gasteiger charge is 2.56. The summed E-state index contributed by atoms with van der Waals surface area (Å²) in [4.78, 5) is 23.7. The van der Waals surface area contributed by atoms with Crippen LogP contribution in [0, 0.1) is 0 Å². The van der Waals surface area contributed by atoms with E-state index in [9.17, 15) is 40.2 Å². The molecule has 0 aliphatic carbocycles. The minimum atomic E-state index is -2.97. The van der Waals surface area contributed by atoms with Crippen molar-refractivity contribution in [3.8, 4) is 40.1 Å². The molecule has 4 unspecified atom stereocenters. The molecule has 14 heteroatoms. The Labute approximate surface area is 200 Å². The monoisotopic (exact) mass is 508 g/mol. The average Bonchev–Trinajstić information content (AvgIpc) is 2.81. The topological polar surface area (TPSA) is 226 Å². The fourth-order valence-electron chi connectivity index (χ4n) is 3.67. The summed E-state index contributed by atoms with van der Waals surface area (Å²) in [6.07, 6.45) is -7.77. The predicted octanol–water partition coefficient (Wildman–Crippen LogP) is 0.426. The maximum atomic E-state index is 12.7. The van der Waals surface area contributed by atoms with Gasteiger partial charge in [-0.25, -0.2) is 4.79 Å². The van der Waals surface area contributed by atoms with E-state index < -0.39 is 70.9 Å².